The molecule has 1 atom stereocenters. The third kappa shape index (κ3) is 9.27. The summed E-state index contributed by atoms with van der Waals surface area (Å²) in [5.74, 6) is 0.450. The Labute approximate surface area is 158 Å². The minimum Gasteiger partial charge on any atom is -0.444 e. The van der Waals surface area contributed by atoms with Gasteiger partial charge in [-0.1, -0.05) is 0 Å². The molecule has 0 spiro atoms. The number of nitrogens with one attached hydrogen (secondary N) is 1. The van der Waals surface area contributed by atoms with Crippen molar-refractivity contribution >= 4 is 12.2 Å². The second-order valence-corrected chi connectivity index (χ2v) is 9.04. The molecule has 1 heterocycles. The lowest BCUT2D eigenvalue weighted by atomic mass is 10.1. The van der Waals surface area contributed by atoms with Crippen molar-refractivity contribution in [2.75, 3.05) is 39.8 Å². The summed E-state index contributed by atoms with van der Waals surface area (Å²) in [6.07, 6.45) is 1.11. The first-order chi connectivity index (χ1) is 11.9. The number of ether oxygens (including phenoxy) is 2. The summed E-state index contributed by atoms with van der Waals surface area (Å²) in [5.41, 5.74) is -1.03. The summed E-state index contributed by atoms with van der Waals surface area (Å²) in [6.45, 7) is 14.8. The molecule has 0 aromatic heterocycles. The maximum absolute atomic E-state index is 12.5. The molecular weight excluding hydrogens is 334 g/mol. The van der Waals surface area contributed by atoms with Gasteiger partial charge in [-0.15, -0.1) is 0 Å². The first-order valence-electron chi connectivity index (χ1n) is 9.50. The van der Waals surface area contributed by atoms with Crippen molar-refractivity contribution in [2.24, 2.45) is 5.92 Å². The summed E-state index contributed by atoms with van der Waals surface area (Å²) in [5, 5.41) is 3.33. The molecule has 2 amide bonds. The summed E-state index contributed by atoms with van der Waals surface area (Å²) < 4.78 is 10.9. The fourth-order valence-electron chi connectivity index (χ4n) is 2.70. The molecule has 1 unspecified atom stereocenters. The Kier molecular flexibility index (Phi) is 8.18. The van der Waals surface area contributed by atoms with E-state index in [1.54, 1.807) is 16.8 Å². The SMILES string of the molecule is CN(CCCN(CC1CCNC1)C(=O)OC(C)(C)C)C(=O)OC(C)(C)C. The van der Waals surface area contributed by atoms with Crippen LogP contribution in [0.1, 0.15) is 54.4 Å². The number of rotatable bonds is 6. The van der Waals surface area contributed by atoms with E-state index in [1.807, 2.05) is 41.5 Å². The lowest BCUT2D eigenvalue weighted by molar-refractivity contribution is 0.0204. The van der Waals surface area contributed by atoms with E-state index in [0.717, 1.165) is 19.5 Å². The normalized spacial score (nSPS) is 17.7. The van der Waals surface area contributed by atoms with Gasteiger partial charge >= 0.3 is 12.2 Å². The highest BCUT2D eigenvalue weighted by Crippen LogP contribution is 2.15. The highest BCUT2D eigenvalue weighted by Gasteiger charge is 2.26. The fourth-order valence-corrected chi connectivity index (χ4v) is 2.70. The number of carbonyl (C=O) groups excluding carboxylic acids is 2. The van der Waals surface area contributed by atoms with Gasteiger partial charge in [-0.3, -0.25) is 0 Å². The van der Waals surface area contributed by atoms with Crippen LogP contribution >= 0.6 is 0 Å². The quantitative estimate of drug-likeness (QED) is 0.777. The van der Waals surface area contributed by atoms with Gasteiger partial charge in [0, 0.05) is 26.7 Å². The zero-order chi connectivity index (χ0) is 20.0. The fraction of sp³-hybridized carbons (Fsp3) is 0.895. The largest absolute Gasteiger partial charge is 0.444 e. The molecule has 0 bridgehead atoms. The number of nitrogens with zero attached hydrogens (tertiary/aromatic N) is 2. The van der Waals surface area contributed by atoms with E-state index in [2.05, 4.69) is 5.32 Å². The molecule has 1 rings (SSSR count). The van der Waals surface area contributed by atoms with Gasteiger partial charge in [0.1, 0.15) is 11.2 Å². The van der Waals surface area contributed by atoms with E-state index in [1.165, 1.54) is 0 Å². The van der Waals surface area contributed by atoms with Crippen molar-refractivity contribution in [1.29, 1.82) is 0 Å². The van der Waals surface area contributed by atoms with Crippen molar-refractivity contribution in [1.82, 2.24) is 15.1 Å². The van der Waals surface area contributed by atoms with E-state index in [4.69, 9.17) is 9.47 Å². The van der Waals surface area contributed by atoms with E-state index >= 15 is 0 Å². The van der Waals surface area contributed by atoms with Crippen molar-refractivity contribution < 1.29 is 19.1 Å². The van der Waals surface area contributed by atoms with Crippen LogP contribution in [0.5, 0.6) is 0 Å². The van der Waals surface area contributed by atoms with Crippen LogP contribution in [-0.4, -0.2) is 73.0 Å². The van der Waals surface area contributed by atoms with Crippen LogP contribution in [0.15, 0.2) is 0 Å². The Balaban J connectivity index is 2.53. The van der Waals surface area contributed by atoms with Gasteiger partial charge in [0.25, 0.3) is 0 Å². The Bertz CT molecular complexity index is 462. The van der Waals surface area contributed by atoms with Crippen LogP contribution in [0, 0.1) is 5.92 Å². The van der Waals surface area contributed by atoms with Gasteiger partial charge in [-0.2, -0.15) is 0 Å². The number of amides is 2. The summed E-state index contributed by atoms with van der Waals surface area (Å²) >= 11 is 0. The van der Waals surface area contributed by atoms with Gasteiger partial charge in [-0.05, 0) is 73.4 Å². The Morgan fingerprint density at radius 2 is 1.58 bits per heavy atom. The molecule has 26 heavy (non-hydrogen) atoms. The van der Waals surface area contributed by atoms with Crippen LogP contribution < -0.4 is 5.32 Å². The lowest BCUT2D eigenvalue weighted by Crippen LogP contribution is -2.42. The van der Waals surface area contributed by atoms with Gasteiger partial charge in [-0.25, -0.2) is 9.59 Å². The van der Waals surface area contributed by atoms with Gasteiger partial charge in [0.15, 0.2) is 0 Å². The first-order valence-corrected chi connectivity index (χ1v) is 9.50. The smallest absolute Gasteiger partial charge is 0.410 e. The van der Waals surface area contributed by atoms with E-state index in [-0.39, 0.29) is 12.2 Å². The van der Waals surface area contributed by atoms with Crippen molar-refractivity contribution in [3.8, 4) is 0 Å². The molecule has 7 heteroatoms. The third-order valence-corrected chi connectivity index (χ3v) is 3.92. The molecular formula is C19H37N3O4. The van der Waals surface area contributed by atoms with Crippen LogP contribution in [0.2, 0.25) is 0 Å². The molecule has 0 radical (unpaired) electrons. The van der Waals surface area contributed by atoms with E-state index in [9.17, 15) is 9.59 Å². The van der Waals surface area contributed by atoms with E-state index < -0.39 is 11.2 Å². The van der Waals surface area contributed by atoms with Gasteiger partial charge in [0.05, 0.1) is 0 Å². The summed E-state index contributed by atoms with van der Waals surface area (Å²) in [7, 11) is 1.72. The molecule has 0 aromatic rings. The highest BCUT2D eigenvalue weighted by atomic mass is 16.6. The van der Waals surface area contributed by atoms with Gasteiger partial charge in [0.2, 0.25) is 0 Å². The average Bonchev–Trinajstić information content (AvgIpc) is 2.95. The minimum absolute atomic E-state index is 0.288. The standard InChI is InChI=1S/C19H37N3O4/c1-18(2,3)25-16(23)21(7)11-8-12-22(14-15-9-10-20-13-15)17(24)26-19(4,5)6/h15,20H,8-14H2,1-7H3. The first kappa shape index (κ1) is 22.5. The second kappa shape index (κ2) is 9.44. The topological polar surface area (TPSA) is 71.1 Å². The molecule has 0 saturated carbocycles. The molecule has 1 N–H and O–H groups in total. The minimum atomic E-state index is -0.517. The summed E-state index contributed by atoms with van der Waals surface area (Å²) in [4.78, 5) is 27.9. The van der Waals surface area contributed by atoms with Crippen LogP contribution in [0.4, 0.5) is 9.59 Å². The zero-order valence-electron chi connectivity index (χ0n) is 17.6. The monoisotopic (exact) mass is 371 g/mol. The predicted molar refractivity (Wildman–Crippen MR) is 102 cm³/mol. The second-order valence-electron chi connectivity index (χ2n) is 9.04. The molecule has 152 valence electrons. The third-order valence-electron chi connectivity index (χ3n) is 3.92. The Morgan fingerprint density at radius 3 is 2.08 bits per heavy atom. The lowest BCUT2D eigenvalue weighted by Gasteiger charge is -2.30. The molecule has 0 aliphatic carbocycles. The van der Waals surface area contributed by atoms with Crippen LogP contribution in [0.3, 0.4) is 0 Å². The predicted octanol–water partition coefficient (Wildman–Crippen LogP) is 3.09. The Hall–Kier alpha value is -1.50. The van der Waals surface area contributed by atoms with Gasteiger partial charge < -0.3 is 24.6 Å². The van der Waals surface area contributed by atoms with Crippen molar-refractivity contribution in [3.63, 3.8) is 0 Å². The molecule has 7 nitrogen and oxygen atoms in total. The van der Waals surface area contributed by atoms with Crippen molar-refractivity contribution in [2.45, 2.75) is 65.6 Å². The highest BCUT2D eigenvalue weighted by molar-refractivity contribution is 5.68. The molecule has 1 saturated heterocycles. The maximum Gasteiger partial charge on any atom is 0.410 e. The maximum atomic E-state index is 12.5. The van der Waals surface area contributed by atoms with Crippen molar-refractivity contribution in [3.05, 3.63) is 0 Å². The Morgan fingerprint density at radius 1 is 1.00 bits per heavy atom. The zero-order valence-corrected chi connectivity index (χ0v) is 17.6. The average molecular weight is 372 g/mol. The summed E-state index contributed by atoms with van der Waals surface area (Å²) in [6, 6.07) is 0. The van der Waals surface area contributed by atoms with Crippen LogP contribution in [-0.2, 0) is 9.47 Å². The molecule has 1 fully saturated rings. The molecule has 1 aliphatic heterocycles. The van der Waals surface area contributed by atoms with Crippen LogP contribution in [0.25, 0.3) is 0 Å². The molecule has 1 aliphatic rings. The molecule has 0 aromatic carbocycles. The number of hydrogen-bond donors (Lipinski definition) is 1. The number of hydrogen-bond acceptors (Lipinski definition) is 5. The van der Waals surface area contributed by atoms with E-state index in [0.29, 0.717) is 32.0 Å². The number of carbonyl (C=O) groups is 2.